The largest absolute Gasteiger partial charge is 0.480 e. The van der Waals surface area contributed by atoms with Crippen molar-refractivity contribution in [1.29, 1.82) is 5.53 Å². The van der Waals surface area contributed by atoms with Crippen LogP contribution in [0.1, 0.15) is 26.2 Å². The molecule has 1 rings (SSSR count). The molecule has 1 heterocycles. The maximum absolute atomic E-state index is 11.7. The monoisotopic (exact) mass is 284 g/mol. The van der Waals surface area contributed by atoms with Crippen molar-refractivity contribution in [2.24, 2.45) is 10.1 Å². The number of carbonyl (C=O) groups is 2. The molecule has 1 saturated heterocycles. The van der Waals surface area contributed by atoms with Gasteiger partial charge >= 0.3 is 5.97 Å². The first-order chi connectivity index (χ1) is 9.39. The summed E-state index contributed by atoms with van der Waals surface area (Å²) in [4.78, 5) is 26.5. The van der Waals surface area contributed by atoms with Gasteiger partial charge in [-0.1, -0.05) is 0 Å². The Hall–Kier alpha value is -1.87. The zero-order valence-electron chi connectivity index (χ0n) is 11.6. The summed E-state index contributed by atoms with van der Waals surface area (Å²) in [5, 5.41) is 16.3. The molecule has 0 radical (unpaired) electrons. The smallest absolute Gasteiger partial charge is 0.326 e. The van der Waals surface area contributed by atoms with Crippen LogP contribution in [0.25, 0.3) is 0 Å². The number of hydrazine groups is 1. The molecule has 0 bridgehead atoms. The number of carboxylic acids is 1. The van der Waals surface area contributed by atoms with Gasteiger partial charge in [0.15, 0.2) is 0 Å². The van der Waals surface area contributed by atoms with Crippen molar-refractivity contribution in [2.45, 2.75) is 37.9 Å². The van der Waals surface area contributed by atoms with Crippen molar-refractivity contribution in [1.82, 2.24) is 15.8 Å². The lowest BCUT2D eigenvalue weighted by atomic mass is 10.1. The lowest BCUT2D eigenvalue weighted by Crippen LogP contribution is -2.41. The van der Waals surface area contributed by atoms with Crippen LogP contribution in [-0.4, -0.2) is 53.6 Å². The molecular formula is C11H20N6O3. The van der Waals surface area contributed by atoms with E-state index in [1.165, 1.54) is 0 Å². The minimum Gasteiger partial charge on any atom is -0.480 e. The molecule has 1 amide bonds. The Labute approximate surface area is 116 Å². The van der Waals surface area contributed by atoms with Gasteiger partial charge in [-0.15, -0.1) is 5.11 Å². The molecule has 0 aromatic carbocycles. The summed E-state index contributed by atoms with van der Waals surface area (Å²) in [5.74, 6) is -1.39. The lowest BCUT2D eigenvalue weighted by molar-refractivity contribution is -0.142. The highest BCUT2D eigenvalue weighted by atomic mass is 16.4. The highest BCUT2D eigenvalue weighted by Crippen LogP contribution is 2.26. The third kappa shape index (κ3) is 5.02. The van der Waals surface area contributed by atoms with Gasteiger partial charge in [-0.05, 0) is 19.8 Å². The van der Waals surface area contributed by atoms with Crippen LogP contribution in [0, 0.1) is 5.53 Å². The van der Waals surface area contributed by atoms with Gasteiger partial charge in [0.2, 0.25) is 5.91 Å². The molecule has 0 spiro atoms. The number of amides is 1. The van der Waals surface area contributed by atoms with Gasteiger partial charge in [-0.25, -0.2) is 20.8 Å². The lowest BCUT2D eigenvalue weighted by Gasteiger charge is -2.14. The molecule has 1 fully saturated rings. The Kier molecular flexibility index (Phi) is 5.71. The van der Waals surface area contributed by atoms with Gasteiger partial charge in [-0.3, -0.25) is 9.79 Å². The molecule has 9 nitrogen and oxygen atoms in total. The number of aliphatic carboxylic acids is 1. The van der Waals surface area contributed by atoms with Crippen LogP contribution < -0.4 is 10.7 Å². The summed E-state index contributed by atoms with van der Waals surface area (Å²) in [5.41, 5.74) is 9.41. The maximum atomic E-state index is 11.7. The zero-order valence-corrected chi connectivity index (χ0v) is 11.6. The van der Waals surface area contributed by atoms with Gasteiger partial charge in [0.1, 0.15) is 12.4 Å². The van der Waals surface area contributed by atoms with Crippen molar-refractivity contribution in [3.63, 3.8) is 0 Å². The SMILES string of the molecule is CN1NC1(C)CCC(=O)NC(CCN=CN=N)C(=O)O. The van der Waals surface area contributed by atoms with Crippen LogP contribution in [0.15, 0.2) is 10.1 Å². The van der Waals surface area contributed by atoms with E-state index in [2.05, 4.69) is 20.8 Å². The fraction of sp³-hybridized carbons (Fsp3) is 0.727. The molecule has 3 atom stereocenters. The fourth-order valence-electron chi connectivity index (χ4n) is 1.74. The second-order valence-electron chi connectivity index (χ2n) is 4.84. The van der Waals surface area contributed by atoms with Crippen LogP contribution in [0.4, 0.5) is 0 Å². The topological polar surface area (TPSA) is 140 Å². The van der Waals surface area contributed by atoms with Crippen LogP contribution in [-0.2, 0) is 9.59 Å². The standard InChI is InChI=1S/C11H20N6O3/c1-11(16-17(11)2)5-3-9(18)15-8(10(19)20)4-6-13-7-14-12/h7-8,12,16H,3-6H2,1-2H3,(H,15,18)(H,19,20). The summed E-state index contributed by atoms with van der Waals surface area (Å²) in [6.45, 7) is 2.16. The van der Waals surface area contributed by atoms with E-state index in [0.717, 1.165) is 6.34 Å². The third-order valence-electron chi connectivity index (χ3n) is 3.26. The number of rotatable bonds is 9. The Balaban J connectivity index is 2.33. The molecule has 0 aliphatic carbocycles. The van der Waals surface area contributed by atoms with Crippen LogP contribution in [0.3, 0.4) is 0 Å². The highest BCUT2D eigenvalue weighted by Gasteiger charge is 2.43. The van der Waals surface area contributed by atoms with Gasteiger partial charge < -0.3 is 10.4 Å². The summed E-state index contributed by atoms with van der Waals surface area (Å²) in [6, 6.07) is -0.969. The Morgan fingerprint density at radius 1 is 1.60 bits per heavy atom. The van der Waals surface area contributed by atoms with Gasteiger partial charge in [0.05, 0.1) is 5.66 Å². The molecule has 0 aromatic heterocycles. The first kappa shape index (κ1) is 16.2. The molecule has 1 aliphatic rings. The predicted molar refractivity (Wildman–Crippen MR) is 71.2 cm³/mol. The van der Waals surface area contributed by atoms with E-state index in [9.17, 15) is 9.59 Å². The Bertz CT molecular complexity index is 413. The van der Waals surface area contributed by atoms with E-state index in [-0.39, 0.29) is 31.0 Å². The third-order valence-corrected chi connectivity index (χ3v) is 3.26. The number of hydrogen-bond acceptors (Lipinski definition) is 6. The van der Waals surface area contributed by atoms with E-state index >= 15 is 0 Å². The van der Waals surface area contributed by atoms with Crippen molar-refractivity contribution in [3.8, 4) is 0 Å². The molecule has 0 saturated carbocycles. The molecule has 20 heavy (non-hydrogen) atoms. The van der Waals surface area contributed by atoms with Gasteiger partial charge in [0.25, 0.3) is 0 Å². The molecular weight excluding hydrogens is 264 g/mol. The Morgan fingerprint density at radius 3 is 2.75 bits per heavy atom. The molecule has 3 unspecified atom stereocenters. The second-order valence-corrected chi connectivity index (χ2v) is 4.84. The summed E-state index contributed by atoms with van der Waals surface area (Å²) in [6.07, 6.45) is 2.07. The molecule has 4 N–H and O–H groups in total. The molecule has 1 aliphatic heterocycles. The Morgan fingerprint density at radius 2 is 2.25 bits per heavy atom. The van der Waals surface area contributed by atoms with E-state index in [0.29, 0.717) is 6.42 Å². The zero-order chi connectivity index (χ0) is 15.2. The minimum absolute atomic E-state index is 0.169. The average Bonchev–Trinajstić information content (AvgIpc) is 2.99. The molecule has 112 valence electrons. The average molecular weight is 284 g/mol. The normalized spacial score (nSPS) is 26.2. The van der Waals surface area contributed by atoms with Crippen LogP contribution >= 0.6 is 0 Å². The molecule has 9 heteroatoms. The minimum atomic E-state index is -1.09. The number of carbonyl (C=O) groups excluding carboxylic acids is 1. The highest BCUT2D eigenvalue weighted by molar-refractivity contribution is 5.83. The molecule has 0 aromatic rings. The van der Waals surface area contributed by atoms with Crippen molar-refractivity contribution < 1.29 is 14.7 Å². The summed E-state index contributed by atoms with van der Waals surface area (Å²) >= 11 is 0. The fourth-order valence-corrected chi connectivity index (χ4v) is 1.74. The van der Waals surface area contributed by atoms with E-state index < -0.39 is 12.0 Å². The van der Waals surface area contributed by atoms with E-state index in [4.69, 9.17) is 10.6 Å². The van der Waals surface area contributed by atoms with E-state index in [1.54, 1.807) is 0 Å². The maximum Gasteiger partial charge on any atom is 0.326 e. The summed E-state index contributed by atoms with van der Waals surface area (Å²) in [7, 11) is 1.88. The van der Waals surface area contributed by atoms with Gasteiger partial charge in [-0.2, -0.15) is 0 Å². The second kappa shape index (κ2) is 7.06. The first-order valence-corrected chi connectivity index (χ1v) is 6.28. The number of nitrogens with zero attached hydrogens (tertiary/aromatic N) is 3. The number of aliphatic imine (C=N–C) groups is 1. The van der Waals surface area contributed by atoms with Crippen LogP contribution in [0.5, 0.6) is 0 Å². The number of nitrogens with one attached hydrogen (secondary N) is 3. The first-order valence-electron chi connectivity index (χ1n) is 6.28. The van der Waals surface area contributed by atoms with Crippen LogP contribution in [0.2, 0.25) is 0 Å². The van der Waals surface area contributed by atoms with Crippen molar-refractivity contribution in [3.05, 3.63) is 0 Å². The number of carboxylic acid groups (broad SMARTS) is 1. The van der Waals surface area contributed by atoms with Crippen molar-refractivity contribution in [2.75, 3.05) is 13.6 Å². The van der Waals surface area contributed by atoms with Gasteiger partial charge in [0, 0.05) is 20.0 Å². The predicted octanol–water partition coefficient (Wildman–Crippen LogP) is -0.0484. The quantitative estimate of drug-likeness (QED) is 0.203. The number of hydrogen-bond donors (Lipinski definition) is 4. The van der Waals surface area contributed by atoms with Crippen molar-refractivity contribution >= 4 is 18.2 Å². The summed E-state index contributed by atoms with van der Waals surface area (Å²) < 4.78 is 0. The van der Waals surface area contributed by atoms with E-state index in [1.807, 2.05) is 19.0 Å².